The molecule has 4 N–H and O–H groups in total. The maximum Gasteiger partial charge on any atom is 0.147 e. The highest BCUT2D eigenvalue weighted by Gasteiger charge is 2.24. The molecular weight excluding hydrogens is 465 g/mol. The van der Waals surface area contributed by atoms with Crippen molar-refractivity contribution in [2.75, 3.05) is 18.0 Å². The molecule has 6 aromatic rings. The van der Waals surface area contributed by atoms with Gasteiger partial charge in [0.25, 0.3) is 0 Å². The molecule has 0 saturated carbocycles. The number of hydrogen-bond donors (Lipinski definition) is 3. The lowest BCUT2D eigenvalue weighted by Gasteiger charge is -2.37. The van der Waals surface area contributed by atoms with E-state index in [0.717, 1.165) is 80.0 Å². The van der Waals surface area contributed by atoms with Gasteiger partial charge in [0, 0.05) is 41.0 Å². The number of nitrogens with two attached hydrogens (primary N) is 1. The zero-order valence-electron chi connectivity index (χ0n) is 20.2. The van der Waals surface area contributed by atoms with E-state index in [2.05, 4.69) is 37.2 Å². The second-order valence-corrected chi connectivity index (χ2v) is 9.73. The maximum atomic E-state index is 14.2. The molecule has 1 aliphatic heterocycles. The fourth-order valence-electron chi connectivity index (χ4n) is 5.15. The van der Waals surface area contributed by atoms with Gasteiger partial charge in [0.2, 0.25) is 0 Å². The van der Waals surface area contributed by atoms with Crippen molar-refractivity contribution < 1.29 is 4.39 Å². The Kier molecular flexibility index (Phi) is 4.84. The van der Waals surface area contributed by atoms with Crippen LogP contribution in [-0.4, -0.2) is 44.3 Å². The monoisotopic (exact) mass is 489 g/mol. The van der Waals surface area contributed by atoms with E-state index < -0.39 is 0 Å². The molecule has 182 valence electrons. The van der Waals surface area contributed by atoms with Gasteiger partial charge in [-0.25, -0.2) is 9.37 Å². The van der Waals surface area contributed by atoms with Crippen LogP contribution in [0.15, 0.2) is 73.1 Å². The zero-order valence-corrected chi connectivity index (χ0v) is 20.2. The lowest BCUT2D eigenvalue weighted by Crippen LogP contribution is -2.56. The molecule has 0 bridgehead atoms. The molecule has 0 spiro atoms. The van der Waals surface area contributed by atoms with Crippen LogP contribution >= 0.6 is 0 Å². The van der Waals surface area contributed by atoms with E-state index in [0.29, 0.717) is 0 Å². The van der Waals surface area contributed by atoms with E-state index in [1.165, 1.54) is 6.07 Å². The minimum Gasteiger partial charge on any atom is -0.353 e. The first-order valence-electron chi connectivity index (χ1n) is 12.2. The number of halogens is 1. The third kappa shape index (κ3) is 3.73. The fourth-order valence-corrected chi connectivity index (χ4v) is 5.15. The molecule has 3 aromatic heterocycles. The van der Waals surface area contributed by atoms with Gasteiger partial charge < -0.3 is 15.6 Å². The largest absolute Gasteiger partial charge is 0.353 e. The zero-order chi connectivity index (χ0) is 25.1. The molecule has 0 unspecified atom stereocenters. The molecule has 0 amide bonds. The van der Waals surface area contributed by atoms with Crippen LogP contribution in [-0.2, 0) is 0 Å². The molecule has 0 aliphatic carbocycles. The van der Waals surface area contributed by atoms with Crippen LogP contribution in [0.2, 0.25) is 0 Å². The third-order valence-electron chi connectivity index (χ3n) is 6.99. The molecule has 1 fully saturated rings. The Morgan fingerprint density at radius 2 is 1.84 bits per heavy atom. The Bertz CT molecular complexity index is 1780. The standard InChI is InChI=1S/C29H24FN7/c1-16-7-18(9-19(30)8-16)21-3-2-4-24-22(21)11-26(33-24)29-23-10-17(5-6-25(23)35-36-29)27-12-32-13-28(34-27)37-14-20(31)15-37/h2-13,20,33H,14-15,31H2,1H3,(H,35,36). The van der Waals surface area contributed by atoms with Gasteiger partial charge in [-0.2, -0.15) is 5.10 Å². The number of anilines is 1. The summed E-state index contributed by atoms with van der Waals surface area (Å²) in [6, 6.07) is 19.5. The van der Waals surface area contributed by atoms with Crippen LogP contribution in [0.1, 0.15) is 5.56 Å². The van der Waals surface area contributed by atoms with E-state index in [-0.39, 0.29) is 11.9 Å². The minimum atomic E-state index is -0.238. The van der Waals surface area contributed by atoms with Gasteiger partial charge in [-0.15, -0.1) is 0 Å². The van der Waals surface area contributed by atoms with E-state index in [1.54, 1.807) is 18.5 Å². The molecule has 4 heterocycles. The molecule has 0 atom stereocenters. The van der Waals surface area contributed by atoms with Crippen LogP contribution in [0.4, 0.5) is 10.2 Å². The van der Waals surface area contributed by atoms with Crippen LogP contribution in [0.5, 0.6) is 0 Å². The van der Waals surface area contributed by atoms with Crippen LogP contribution < -0.4 is 10.6 Å². The summed E-state index contributed by atoms with van der Waals surface area (Å²) in [4.78, 5) is 14.9. The van der Waals surface area contributed by atoms with Gasteiger partial charge in [0.15, 0.2) is 0 Å². The van der Waals surface area contributed by atoms with E-state index in [4.69, 9.17) is 10.7 Å². The Morgan fingerprint density at radius 3 is 2.68 bits per heavy atom. The molecule has 7 rings (SSSR count). The first-order valence-corrected chi connectivity index (χ1v) is 12.2. The quantitative estimate of drug-likeness (QED) is 0.307. The number of nitrogens with one attached hydrogen (secondary N) is 2. The first-order chi connectivity index (χ1) is 18.0. The summed E-state index contributed by atoms with van der Waals surface area (Å²) in [7, 11) is 0. The van der Waals surface area contributed by atoms with E-state index in [9.17, 15) is 4.39 Å². The van der Waals surface area contributed by atoms with Gasteiger partial charge in [-0.3, -0.25) is 10.1 Å². The minimum absolute atomic E-state index is 0.192. The fraction of sp³-hybridized carbons (Fsp3) is 0.138. The Labute approximate surface area is 212 Å². The van der Waals surface area contributed by atoms with Gasteiger partial charge in [0.05, 0.1) is 29.3 Å². The predicted molar refractivity (Wildman–Crippen MR) is 145 cm³/mol. The number of aryl methyl sites for hydroxylation is 1. The smallest absolute Gasteiger partial charge is 0.147 e. The number of aromatic nitrogens is 5. The van der Waals surface area contributed by atoms with Crippen molar-refractivity contribution in [3.05, 3.63) is 84.4 Å². The highest BCUT2D eigenvalue weighted by atomic mass is 19.1. The number of aromatic amines is 2. The SMILES string of the molecule is Cc1cc(F)cc(-c2cccc3[nH]c(-c4n[nH]c5ccc(-c6cncc(N7CC(N)C7)n6)cc45)cc23)c1. The van der Waals surface area contributed by atoms with Gasteiger partial charge in [-0.1, -0.05) is 24.3 Å². The van der Waals surface area contributed by atoms with Crippen LogP contribution in [0, 0.1) is 12.7 Å². The van der Waals surface area contributed by atoms with E-state index in [1.807, 2.05) is 43.3 Å². The molecule has 1 saturated heterocycles. The van der Waals surface area contributed by atoms with Crippen molar-refractivity contribution in [2.45, 2.75) is 13.0 Å². The second kappa shape index (κ2) is 8.25. The lowest BCUT2D eigenvalue weighted by atomic mass is 9.99. The Balaban J connectivity index is 1.31. The Hall–Kier alpha value is -4.56. The topological polar surface area (TPSA) is 99.5 Å². The van der Waals surface area contributed by atoms with E-state index >= 15 is 0 Å². The van der Waals surface area contributed by atoms with Gasteiger partial charge in [0.1, 0.15) is 17.3 Å². The van der Waals surface area contributed by atoms with Crippen molar-refractivity contribution in [2.24, 2.45) is 5.73 Å². The van der Waals surface area contributed by atoms with Crippen LogP contribution in [0.3, 0.4) is 0 Å². The number of H-pyrrole nitrogens is 2. The molecule has 0 radical (unpaired) electrons. The Morgan fingerprint density at radius 1 is 0.946 bits per heavy atom. The number of fused-ring (bicyclic) bond motifs is 2. The molecule has 3 aromatic carbocycles. The highest BCUT2D eigenvalue weighted by molar-refractivity contribution is 6.01. The molecule has 7 nitrogen and oxygen atoms in total. The molecule has 37 heavy (non-hydrogen) atoms. The molecular formula is C29H24FN7. The van der Waals surface area contributed by atoms with Crippen molar-refractivity contribution in [1.82, 2.24) is 25.1 Å². The average Bonchev–Trinajstić information content (AvgIpc) is 3.49. The summed E-state index contributed by atoms with van der Waals surface area (Å²) >= 11 is 0. The van der Waals surface area contributed by atoms with Crippen molar-refractivity contribution in [3.8, 4) is 33.8 Å². The summed E-state index contributed by atoms with van der Waals surface area (Å²) in [5.74, 6) is 0.597. The highest BCUT2D eigenvalue weighted by Crippen LogP contribution is 2.35. The number of hydrogen-bond acceptors (Lipinski definition) is 5. The summed E-state index contributed by atoms with van der Waals surface area (Å²) in [5.41, 5.74) is 14.0. The lowest BCUT2D eigenvalue weighted by molar-refractivity contribution is 0.514. The predicted octanol–water partition coefficient (Wildman–Crippen LogP) is 5.43. The van der Waals surface area contributed by atoms with Crippen molar-refractivity contribution >= 4 is 27.6 Å². The summed E-state index contributed by atoms with van der Waals surface area (Å²) < 4.78 is 14.2. The number of nitrogens with zero attached hydrogens (tertiary/aromatic N) is 4. The summed E-state index contributed by atoms with van der Waals surface area (Å²) in [6.45, 7) is 3.49. The second-order valence-electron chi connectivity index (χ2n) is 9.73. The third-order valence-corrected chi connectivity index (χ3v) is 6.99. The average molecular weight is 490 g/mol. The molecule has 8 heteroatoms. The molecule has 1 aliphatic rings. The summed E-state index contributed by atoms with van der Waals surface area (Å²) in [6.07, 6.45) is 3.56. The summed E-state index contributed by atoms with van der Waals surface area (Å²) in [5, 5.41) is 9.77. The van der Waals surface area contributed by atoms with Crippen molar-refractivity contribution in [1.29, 1.82) is 0 Å². The number of rotatable bonds is 4. The first kappa shape index (κ1) is 21.7. The van der Waals surface area contributed by atoms with Crippen molar-refractivity contribution in [3.63, 3.8) is 0 Å². The van der Waals surface area contributed by atoms with Gasteiger partial charge >= 0.3 is 0 Å². The van der Waals surface area contributed by atoms with Crippen LogP contribution in [0.25, 0.3) is 55.6 Å². The van der Waals surface area contributed by atoms with Gasteiger partial charge in [-0.05, 0) is 60.0 Å². The maximum absolute atomic E-state index is 14.2. The normalized spacial score (nSPS) is 14.0. The number of benzene rings is 3.